The Morgan fingerprint density at radius 3 is 2.94 bits per heavy atom. The van der Waals surface area contributed by atoms with Crippen LogP contribution in [0.25, 0.3) is 0 Å². The van der Waals surface area contributed by atoms with Crippen LogP contribution in [0.3, 0.4) is 0 Å². The number of nitrogens with two attached hydrogens (primary N) is 1. The van der Waals surface area contributed by atoms with E-state index >= 15 is 0 Å². The average molecular weight is 252 g/mol. The number of aliphatic hydroxyl groups excluding tert-OH is 1. The van der Waals surface area contributed by atoms with Gasteiger partial charge in [-0.1, -0.05) is 11.8 Å². The van der Waals surface area contributed by atoms with Crippen molar-refractivity contribution in [3.8, 4) is 11.8 Å². The van der Waals surface area contributed by atoms with E-state index in [4.69, 9.17) is 10.8 Å². The van der Waals surface area contributed by atoms with Gasteiger partial charge in [0.2, 0.25) is 5.91 Å². The zero-order valence-electron chi connectivity index (χ0n) is 9.03. The predicted molar refractivity (Wildman–Crippen MR) is 64.4 cm³/mol. The summed E-state index contributed by atoms with van der Waals surface area (Å²) in [6.07, 6.45) is 0.359. The molecule has 0 spiro atoms. The first kappa shape index (κ1) is 13.2. The first-order valence-corrected chi connectivity index (χ1v) is 5.77. The van der Waals surface area contributed by atoms with Crippen LogP contribution in [0.2, 0.25) is 0 Å². The van der Waals surface area contributed by atoms with Crippen molar-refractivity contribution in [2.45, 2.75) is 6.42 Å². The van der Waals surface area contributed by atoms with Crippen LogP contribution in [0.15, 0.2) is 11.4 Å². The van der Waals surface area contributed by atoms with Crippen LogP contribution in [-0.4, -0.2) is 30.1 Å². The lowest BCUT2D eigenvalue weighted by atomic mass is 10.2. The summed E-state index contributed by atoms with van der Waals surface area (Å²) < 4.78 is 0. The number of hydrogen-bond acceptors (Lipinski definition) is 4. The van der Waals surface area contributed by atoms with Gasteiger partial charge in [-0.05, 0) is 11.4 Å². The lowest BCUT2D eigenvalue weighted by molar-refractivity contribution is -0.117. The molecule has 0 aromatic carbocycles. The van der Waals surface area contributed by atoms with Crippen molar-refractivity contribution in [1.29, 1.82) is 0 Å². The first-order valence-electron chi connectivity index (χ1n) is 4.89. The highest BCUT2D eigenvalue weighted by Gasteiger charge is 2.11. The monoisotopic (exact) mass is 252 g/mol. The van der Waals surface area contributed by atoms with E-state index in [2.05, 4.69) is 17.2 Å². The summed E-state index contributed by atoms with van der Waals surface area (Å²) in [6.45, 7) is -0.208. The maximum atomic E-state index is 11.6. The highest BCUT2D eigenvalue weighted by atomic mass is 32.1. The molecule has 1 rings (SSSR count). The summed E-state index contributed by atoms with van der Waals surface area (Å²) in [5.74, 6) is 4.56. The van der Waals surface area contributed by atoms with Crippen LogP contribution in [-0.2, 0) is 4.79 Å². The van der Waals surface area contributed by atoms with Crippen molar-refractivity contribution in [1.82, 2.24) is 5.32 Å². The second kappa shape index (κ2) is 6.68. The molecule has 0 fully saturated rings. The highest BCUT2D eigenvalue weighted by molar-refractivity contribution is 7.12. The topological polar surface area (TPSA) is 92.4 Å². The van der Waals surface area contributed by atoms with Crippen LogP contribution >= 0.6 is 11.3 Å². The number of aliphatic hydroxyl groups is 1. The van der Waals surface area contributed by atoms with E-state index in [1.54, 1.807) is 11.4 Å². The third kappa shape index (κ3) is 4.26. The van der Waals surface area contributed by atoms with Gasteiger partial charge in [0, 0.05) is 12.0 Å². The largest absolute Gasteiger partial charge is 0.395 e. The molecule has 90 valence electrons. The lowest BCUT2D eigenvalue weighted by Crippen LogP contribution is -2.33. The zero-order chi connectivity index (χ0) is 12.7. The third-order valence-corrected chi connectivity index (χ3v) is 2.67. The molecule has 0 bridgehead atoms. The number of thiophene rings is 1. The number of hydrogen-bond donors (Lipinski definition) is 3. The smallest absolute Gasteiger partial charge is 0.263 e. The maximum Gasteiger partial charge on any atom is 0.263 e. The van der Waals surface area contributed by atoms with Crippen LogP contribution in [0.1, 0.15) is 21.7 Å². The lowest BCUT2D eigenvalue weighted by Gasteiger charge is -2.00. The number of primary amides is 1. The molecule has 0 saturated heterocycles. The van der Waals surface area contributed by atoms with Gasteiger partial charge in [0.1, 0.15) is 4.88 Å². The number of rotatable bonds is 4. The fourth-order valence-corrected chi connectivity index (χ4v) is 1.81. The Hall–Kier alpha value is -1.84. The van der Waals surface area contributed by atoms with Gasteiger partial charge in [0.05, 0.1) is 13.2 Å². The second-order valence-electron chi connectivity index (χ2n) is 3.09. The summed E-state index contributed by atoms with van der Waals surface area (Å²) in [4.78, 5) is 22.6. The highest BCUT2D eigenvalue weighted by Crippen LogP contribution is 2.15. The van der Waals surface area contributed by atoms with E-state index in [-0.39, 0.29) is 19.1 Å². The quantitative estimate of drug-likeness (QED) is 0.642. The molecule has 0 saturated carbocycles. The molecule has 2 amide bonds. The normalized spacial score (nSPS) is 9.24. The Morgan fingerprint density at radius 1 is 1.53 bits per heavy atom. The molecule has 0 aliphatic heterocycles. The minimum Gasteiger partial charge on any atom is -0.395 e. The minimum atomic E-state index is -0.595. The second-order valence-corrected chi connectivity index (χ2v) is 4.00. The van der Waals surface area contributed by atoms with Crippen LogP contribution in [0.4, 0.5) is 0 Å². The molecule has 6 heteroatoms. The Balaban J connectivity index is 2.71. The van der Waals surface area contributed by atoms with E-state index in [9.17, 15) is 9.59 Å². The Labute approximate surface area is 103 Å². The fourth-order valence-electron chi connectivity index (χ4n) is 1.04. The van der Waals surface area contributed by atoms with Crippen molar-refractivity contribution < 1.29 is 14.7 Å². The number of nitrogens with one attached hydrogen (secondary N) is 1. The molecule has 17 heavy (non-hydrogen) atoms. The van der Waals surface area contributed by atoms with Crippen LogP contribution < -0.4 is 11.1 Å². The summed E-state index contributed by atoms with van der Waals surface area (Å²) in [5.41, 5.74) is 5.51. The van der Waals surface area contributed by atoms with Gasteiger partial charge >= 0.3 is 0 Å². The molecule has 1 aromatic rings. The average Bonchev–Trinajstić information content (AvgIpc) is 2.74. The third-order valence-electron chi connectivity index (χ3n) is 1.75. The summed E-state index contributed by atoms with van der Waals surface area (Å²) >= 11 is 1.24. The predicted octanol–water partition coefficient (Wildman–Crippen LogP) is -0.303. The van der Waals surface area contributed by atoms with Gasteiger partial charge in [-0.25, -0.2) is 0 Å². The van der Waals surface area contributed by atoms with E-state index in [0.29, 0.717) is 16.9 Å². The van der Waals surface area contributed by atoms with Crippen molar-refractivity contribution in [2.24, 2.45) is 5.73 Å². The van der Waals surface area contributed by atoms with Crippen LogP contribution in [0, 0.1) is 11.8 Å². The summed E-state index contributed by atoms with van der Waals surface area (Å²) in [5, 5.41) is 12.7. The maximum absolute atomic E-state index is 11.6. The van der Waals surface area contributed by atoms with Gasteiger partial charge in [-0.3, -0.25) is 9.59 Å². The van der Waals surface area contributed by atoms with E-state index in [1.165, 1.54) is 11.3 Å². The number of amides is 2. The summed E-state index contributed by atoms with van der Waals surface area (Å²) in [7, 11) is 0. The zero-order valence-corrected chi connectivity index (χ0v) is 9.84. The standard InChI is InChI=1S/C11H12N2O3S/c12-9(15)7-13-11(16)10-8(4-6-17-10)3-1-2-5-14/h4,6,14H,2,5,7H2,(H2,12,15)(H,13,16). The Bertz CT molecular complexity index is 471. The molecule has 0 unspecified atom stereocenters. The Morgan fingerprint density at radius 2 is 2.29 bits per heavy atom. The summed E-state index contributed by atoms with van der Waals surface area (Å²) in [6, 6.07) is 1.72. The molecule has 0 radical (unpaired) electrons. The van der Waals surface area contributed by atoms with Gasteiger partial charge in [-0.15, -0.1) is 11.3 Å². The van der Waals surface area contributed by atoms with Crippen LogP contribution in [0.5, 0.6) is 0 Å². The van der Waals surface area contributed by atoms with Gasteiger partial charge < -0.3 is 16.2 Å². The minimum absolute atomic E-state index is 0.0135. The van der Waals surface area contributed by atoms with Crippen molar-refractivity contribution >= 4 is 23.2 Å². The van der Waals surface area contributed by atoms with Crippen molar-refractivity contribution in [2.75, 3.05) is 13.2 Å². The molecule has 4 N–H and O–H groups in total. The number of carbonyl (C=O) groups excluding carboxylic acids is 2. The molecule has 1 heterocycles. The van der Waals surface area contributed by atoms with E-state index in [0.717, 1.165) is 0 Å². The van der Waals surface area contributed by atoms with Gasteiger partial charge in [0.15, 0.2) is 0 Å². The Kier molecular flexibility index (Phi) is 5.20. The van der Waals surface area contributed by atoms with Crippen molar-refractivity contribution in [3.05, 3.63) is 21.9 Å². The van der Waals surface area contributed by atoms with E-state index in [1.807, 2.05) is 0 Å². The first-order chi connectivity index (χ1) is 8.15. The molecule has 5 nitrogen and oxygen atoms in total. The number of carbonyl (C=O) groups is 2. The SMILES string of the molecule is NC(=O)CNC(=O)c1sccc1C#CCCO. The van der Waals surface area contributed by atoms with Gasteiger partial charge in [0.25, 0.3) is 5.91 Å². The molecule has 1 aromatic heterocycles. The van der Waals surface area contributed by atoms with Crippen molar-refractivity contribution in [3.63, 3.8) is 0 Å². The van der Waals surface area contributed by atoms with Gasteiger partial charge in [-0.2, -0.15) is 0 Å². The molecule has 0 aliphatic rings. The van der Waals surface area contributed by atoms with E-state index < -0.39 is 5.91 Å². The fraction of sp³-hybridized carbons (Fsp3) is 0.273. The molecule has 0 atom stereocenters. The molecular formula is C11H12N2O3S. The molecular weight excluding hydrogens is 240 g/mol. The molecule has 0 aliphatic carbocycles.